The summed E-state index contributed by atoms with van der Waals surface area (Å²) in [5.74, 6) is 0. The minimum Gasteiger partial charge on any atom is -0.376 e. The zero-order chi connectivity index (χ0) is 13.7. The van der Waals surface area contributed by atoms with E-state index in [1.54, 1.807) is 0 Å². The summed E-state index contributed by atoms with van der Waals surface area (Å²) in [6.45, 7) is 8.10. The third-order valence-electron chi connectivity index (χ3n) is 4.44. The Kier molecular flexibility index (Phi) is 5.20. The molecule has 1 saturated carbocycles. The number of hydrogen-bond acceptors (Lipinski definition) is 4. The van der Waals surface area contributed by atoms with E-state index in [1.165, 1.54) is 6.42 Å². The van der Waals surface area contributed by atoms with Crippen LogP contribution in [0.5, 0.6) is 0 Å². The first-order valence-electron chi connectivity index (χ1n) is 7.71. The molecule has 3 atom stereocenters. The second-order valence-electron chi connectivity index (χ2n) is 6.05. The molecule has 2 rings (SSSR count). The minimum atomic E-state index is -0.291. The summed E-state index contributed by atoms with van der Waals surface area (Å²) in [7, 11) is 0. The van der Waals surface area contributed by atoms with Gasteiger partial charge in [0.05, 0.1) is 18.8 Å². The molecule has 1 N–H and O–H groups in total. The first kappa shape index (κ1) is 14.8. The Morgan fingerprint density at radius 3 is 3.05 bits per heavy atom. The zero-order valence-electron chi connectivity index (χ0n) is 12.3. The fourth-order valence-electron chi connectivity index (χ4n) is 3.40. The summed E-state index contributed by atoms with van der Waals surface area (Å²) in [6.07, 6.45) is 5.76. The number of nitriles is 1. The van der Waals surface area contributed by atoms with Crippen molar-refractivity contribution in [3.8, 4) is 6.07 Å². The third-order valence-corrected chi connectivity index (χ3v) is 4.44. The molecule has 1 saturated heterocycles. The van der Waals surface area contributed by atoms with Crippen LogP contribution in [-0.4, -0.2) is 48.8 Å². The van der Waals surface area contributed by atoms with E-state index >= 15 is 0 Å². The van der Waals surface area contributed by atoms with E-state index in [-0.39, 0.29) is 5.54 Å². The first-order valence-corrected chi connectivity index (χ1v) is 7.71. The molecule has 4 nitrogen and oxygen atoms in total. The summed E-state index contributed by atoms with van der Waals surface area (Å²) in [4.78, 5) is 2.53. The highest BCUT2D eigenvalue weighted by Gasteiger charge is 2.38. The lowest BCUT2D eigenvalue weighted by molar-refractivity contribution is -0.0435. The van der Waals surface area contributed by atoms with E-state index < -0.39 is 0 Å². The monoisotopic (exact) mass is 265 g/mol. The summed E-state index contributed by atoms with van der Waals surface area (Å²) in [5.41, 5.74) is -0.291. The van der Waals surface area contributed by atoms with Gasteiger partial charge in [-0.25, -0.2) is 0 Å². The molecule has 4 heteroatoms. The second kappa shape index (κ2) is 6.69. The van der Waals surface area contributed by atoms with Crippen LogP contribution < -0.4 is 5.32 Å². The van der Waals surface area contributed by atoms with Gasteiger partial charge in [0.2, 0.25) is 0 Å². The van der Waals surface area contributed by atoms with Crippen LogP contribution in [0.4, 0.5) is 0 Å². The van der Waals surface area contributed by atoms with Gasteiger partial charge in [-0.15, -0.1) is 0 Å². The normalized spacial score (nSPS) is 36.9. The molecule has 0 amide bonds. The van der Waals surface area contributed by atoms with Crippen molar-refractivity contribution in [3.63, 3.8) is 0 Å². The molecule has 0 radical (unpaired) electrons. The highest BCUT2D eigenvalue weighted by molar-refractivity contribution is 5.11. The van der Waals surface area contributed by atoms with Gasteiger partial charge in [0.15, 0.2) is 0 Å². The summed E-state index contributed by atoms with van der Waals surface area (Å²) in [5, 5.41) is 13.1. The SMILES string of the molecule is CCCNC1(C#N)CCCC(N2CCOC(C)C2)C1. The molecule has 2 aliphatic rings. The van der Waals surface area contributed by atoms with Gasteiger partial charge in [-0.3, -0.25) is 10.2 Å². The van der Waals surface area contributed by atoms with Crippen molar-refractivity contribution in [1.29, 1.82) is 5.26 Å². The summed E-state index contributed by atoms with van der Waals surface area (Å²) < 4.78 is 5.62. The lowest BCUT2D eigenvalue weighted by Gasteiger charge is -2.44. The van der Waals surface area contributed by atoms with Crippen molar-refractivity contribution in [2.24, 2.45) is 0 Å². The number of hydrogen-bond donors (Lipinski definition) is 1. The molecule has 1 aliphatic heterocycles. The van der Waals surface area contributed by atoms with E-state index in [4.69, 9.17) is 4.74 Å². The van der Waals surface area contributed by atoms with Crippen molar-refractivity contribution in [2.45, 2.75) is 63.6 Å². The van der Waals surface area contributed by atoms with Crippen LogP contribution in [0.2, 0.25) is 0 Å². The van der Waals surface area contributed by atoms with Gasteiger partial charge in [-0.1, -0.05) is 6.92 Å². The second-order valence-corrected chi connectivity index (χ2v) is 6.05. The number of ether oxygens (including phenoxy) is 1. The quantitative estimate of drug-likeness (QED) is 0.843. The lowest BCUT2D eigenvalue weighted by Crippen LogP contribution is -2.55. The molecule has 19 heavy (non-hydrogen) atoms. The highest BCUT2D eigenvalue weighted by atomic mass is 16.5. The van der Waals surface area contributed by atoms with E-state index in [0.717, 1.165) is 51.9 Å². The van der Waals surface area contributed by atoms with Crippen LogP contribution in [0.1, 0.15) is 46.0 Å². The maximum Gasteiger partial charge on any atom is 0.108 e. The van der Waals surface area contributed by atoms with Crippen LogP contribution >= 0.6 is 0 Å². The largest absolute Gasteiger partial charge is 0.376 e. The summed E-state index contributed by atoms with van der Waals surface area (Å²) >= 11 is 0. The molecule has 0 aromatic rings. The van der Waals surface area contributed by atoms with Gasteiger partial charge in [0.25, 0.3) is 0 Å². The predicted octanol–water partition coefficient (Wildman–Crippen LogP) is 1.91. The minimum absolute atomic E-state index is 0.291. The van der Waals surface area contributed by atoms with Crippen molar-refractivity contribution in [2.75, 3.05) is 26.2 Å². The van der Waals surface area contributed by atoms with E-state index in [2.05, 4.69) is 30.1 Å². The highest BCUT2D eigenvalue weighted by Crippen LogP contribution is 2.31. The van der Waals surface area contributed by atoms with E-state index in [9.17, 15) is 5.26 Å². The van der Waals surface area contributed by atoms with Gasteiger partial charge in [0, 0.05) is 19.1 Å². The maximum atomic E-state index is 9.58. The Morgan fingerprint density at radius 1 is 1.53 bits per heavy atom. The number of morpholine rings is 1. The molecule has 1 heterocycles. The topological polar surface area (TPSA) is 48.3 Å². The third kappa shape index (κ3) is 3.68. The first-order chi connectivity index (χ1) is 9.19. The standard InChI is InChI=1S/C15H27N3O/c1-3-7-17-15(12-16)6-4-5-14(10-15)18-8-9-19-13(2)11-18/h13-14,17H,3-11H2,1-2H3. The zero-order valence-corrected chi connectivity index (χ0v) is 12.3. The molecule has 2 fully saturated rings. The molecule has 0 spiro atoms. The van der Waals surface area contributed by atoms with E-state index in [1.807, 2.05) is 0 Å². The Labute approximate surface area is 117 Å². The van der Waals surface area contributed by atoms with Crippen LogP contribution in [0, 0.1) is 11.3 Å². The molecule has 3 unspecified atom stereocenters. The molecule has 0 aromatic carbocycles. The fraction of sp³-hybridized carbons (Fsp3) is 0.933. The predicted molar refractivity (Wildman–Crippen MR) is 75.9 cm³/mol. The smallest absolute Gasteiger partial charge is 0.108 e. The maximum absolute atomic E-state index is 9.58. The van der Waals surface area contributed by atoms with Crippen molar-refractivity contribution < 1.29 is 4.74 Å². The Balaban J connectivity index is 1.97. The van der Waals surface area contributed by atoms with Gasteiger partial charge in [-0.2, -0.15) is 5.26 Å². The Morgan fingerprint density at radius 2 is 2.37 bits per heavy atom. The van der Waals surface area contributed by atoms with Crippen LogP contribution in [-0.2, 0) is 4.74 Å². The van der Waals surface area contributed by atoms with Gasteiger partial charge in [-0.05, 0) is 45.6 Å². The van der Waals surface area contributed by atoms with Crippen molar-refractivity contribution in [3.05, 3.63) is 0 Å². The van der Waals surface area contributed by atoms with E-state index in [0.29, 0.717) is 12.1 Å². The number of nitrogens with one attached hydrogen (secondary N) is 1. The van der Waals surface area contributed by atoms with Gasteiger partial charge in [0.1, 0.15) is 5.54 Å². The van der Waals surface area contributed by atoms with Gasteiger partial charge >= 0.3 is 0 Å². The number of rotatable bonds is 4. The summed E-state index contributed by atoms with van der Waals surface area (Å²) in [6, 6.07) is 3.11. The fourth-order valence-corrected chi connectivity index (χ4v) is 3.40. The average molecular weight is 265 g/mol. The molecule has 0 bridgehead atoms. The molecular formula is C15H27N3O. The van der Waals surface area contributed by atoms with Crippen molar-refractivity contribution >= 4 is 0 Å². The Hall–Kier alpha value is -0.630. The number of nitrogens with zero attached hydrogens (tertiary/aromatic N) is 2. The molecule has 1 aliphatic carbocycles. The lowest BCUT2D eigenvalue weighted by atomic mass is 9.79. The molecular weight excluding hydrogens is 238 g/mol. The Bertz CT molecular complexity index is 328. The van der Waals surface area contributed by atoms with Gasteiger partial charge < -0.3 is 4.74 Å². The van der Waals surface area contributed by atoms with Crippen LogP contribution in [0.25, 0.3) is 0 Å². The van der Waals surface area contributed by atoms with Crippen LogP contribution in [0.15, 0.2) is 0 Å². The van der Waals surface area contributed by atoms with Crippen LogP contribution in [0.3, 0.4) is 0 Å². The molecule has 0 aromatic heterocycles. The molecule has 108 valence electrons. The average Bonchev–Trinajstić information content (AvgIpc) is 2.45. The van der Waals surface area contributed by atoms with Crippen molar-refractivity contribution in [1.82, 2.24) is 10.2 Å².